The zero-order chi connectivity index (χ0) is 25.7. The molecule has 2 atom stereocenters. The largest absolute Gasteiger partial charge is 0.480 e. The average molecular weight is 533 g/mol. The number of hydrogen-bond acceptors (Lipinski definition) is 5. The summed E-state index contributed by atoms with van der Waals surface area (Å²) in [7, 11) is 0. The van der Waals surface area contributed by atoms with E-state index in [9.17, 15) is 19.5 Å². The molecule has 2 N–H and O–H groups in total. The molecule has 2 aromatic rings. The molecule has 36 heavy (non-hydrogen) atoms. The molecule has 9 heteroatoms. The second-order valence-corrected chi connectivity index (χ2v) is 10.1. The number of nitrogens with one attached hydrogen (secondary N) is 1. The van der Waals surface area contributed by atoms with Gasteiger partial charge in [-0.3, -0.25) is 4.79 Å². The minimum absolute atomic E-state index is 0.186. The van der Waals surface area contributed by atoms with E-state index in [1.54, 1.807) is 12.1 Å². The first-order valence-corrected chi connectivity index (χ1v) is 13.1. The number of carboxylic acid groups (broad SMARTS) is 1. The Hall–Kier alpha value is -2.61. The molecule has 0 aromatic heterocycles. The van der Waals surface area contributed by atoms with Gasteiger partial charge in [-0.1, -0.05) is 65.7 Å². The highest BCUT2D eigenvalue weighted by atomic mass is 35.5. The summed E-state index contributed by atoms with van der Waals surface area (Å²) in [5, 5.41) is 13.8. The summed E-state index contributed by atoms with van der Waals surface area (Å²) in [5.74, 6) is -2.35. The number of halogens is 2. The maximum absolute atomic E-state index is 13.5. The normalized spacial score (nSPS) is 19.0. The van der Waals surface area contributed by atoms with Crippen molar-refractivity contribution in [1.29, 1.82) is 0 Å². The second kappa shape index (κ2) is 12.1. The van der Waals surface area contributed by atoms with Gasteiger partial charge in [0.15, 0.2) is 0 Å². The zero-order valence-corrected chi connectivity index (χ0v) is 21.4. The van der Waals surface area contributed by atoms with Crippen molar-refractivity contribution in [2.24, 2.45) is 5.92 Å². The van der Waals surface area contributed by atoms with Gasteiger partial charge in [0.05, 0.1) is 16.0 Å². The number of benzene rings is 2. The third-order valence-corrected chi connectivity index (χ3v) is 7.83. The van der Waals surface area contributed by atoms with E-state index in [4.69, 9.17) is 27.9 Å². The molecule has 2 amide bonds. The lowest BCUT2D eigenvalue weighted by Gasteiger charge is -2.32. The fraction of sp³-hybridized carbons (Fsp3) is 0.444. The van der Waals surface area contributed by atoms with Crippen LogP contribution >= 0.6 is 23.2 Å². The zero-order valence-electron chi connectivity index (χ0n) is 19.9. The summed E-state index contributed by atoms with van der Waals surface area (Å²) in [4.78, 5) is 40.0. The van der Waals surface area contributed by atoms with Gasteiger partial charge in [-0.25, -0.2) is 14.5 Å². The molecule has 192 valence electrons. The molecule has 2 unspecified atom stereocenters. The number of rotatable bonds is 7. The Balaban J connectivity index is 1.64. The van der Waals surface area contributed by atoms with Crippen molar-refractivity contribution in [2.75, 3.05) is 13.1 Å². The Morgan fingerprint density at radius 1 is 1.00 bits per heavy atom. The number of carbonyl (C=O) groups is 3. The number of carboxylic acids is 1. The van der Waals surface area contributed by atoms with Gasteiger partial charge in [0.1, 0.15) is 12.1 Å². The van der Waals surface area contributed by atoms with Gasteiger partial charge >= 0.3 is 12.1 Å². The molecular weight excluding hydrogens is 503 g/mol. The van der Waals surface area contributed by atoms with Crippen LogP contribution in [0.15, 0.2) is 42.5 Å². The van der Waals surface area contributed by atoms with Gasteiger partial charge in [-0.15, -0.1) is 0 Å². The molecule has 4 rings (SSSR count). The molecule has 2 aliphatic rings. The van der Waals surface area contributed by atoms with E-state index in [0.717, 1.165) is 36.3 Å². The highest BCUT2D eigenvalue weighted by Crippen LogP contribution is 2.37. The molecule has 2 aromatic carbocycles. The lowest BCUT2D eigenvalue weighted by atomic mass is 9.95. The quantitative estimate of drug-likeness (QED) is 0.484. The Labute approximate surface area is 220 Å². The molecule has 0 spiro atoms. The standard InChI is InChI=1S/C27H30Cl2N2O5/c28-23-18(12-13-21(24(23)29)17-7-2-1-3-8-17)15-22(26(33)34)31(25(32)19-9-6-14-30-16-19)27(35)36-20-10-4-5-11-20/h1-3,7-8,12-13,19-20,22,30H,4-6,9-11,14-16H2,(H,33,34). The number of imide groups is 1. The molecule has 2 fully saturated rings. The average Bonchev–Trinajstić information content (AvgIpc) is 3.40. The summed E-state index contributed by atoms with van der Waals surface area (Å²) in [6, 6.07) is 11.4. The highest BCUT2D eigenvalue weighted by Gasteiger charge is 2.41. The van der Waals surface area contributed by atoms with E-state index in [1.165, 1.54) is 0 Å². The lowest BCUT2D eigenvalue weighted by Crippen LogP contribution is -2.54. The van der Waals surface area contributed by atoms with Gasteiger partial charge < -0.3 is 15.2 Å². The van der Waals surface area contributed by atoms with Crippen molar-refractivity contribution >= 4 is 41.2 Å². The van der Waals surface area contributed by atoms with Crippen molar-refractivity contribution in [3.05, 3.63) is 58.1 Å². The Morgan fingerprint density at radius 2 is 1.72 bits per heavy atom. The summed E-state index contributed by atoms with van der Waals surface area (Å²) in [6.45, 7) is 1.16. The van der Waals surface area contributed by atoms with Crippen LogP contribution in [0.4, 0.5) is 4.79 Å². The Kier molecular flexibility index (Phi) is 8.88. The van der Waals surface area contributed by atoms with E-state index in [0.29, 0.717) is 36.9 Å². The van der Waals surface area contributed by atoms with Crippen LogP contribution < -0.4 is 5.32 Å². The van der Waals surface area contributed by atoms with E-state index in [1.807, 2.05) is 30.3 Å². The summed E-state index contributed by atoms with van der Waals surface area (Å²) in [5.41, 5.74) is 2.01. The smallest absolute Gasteiger partial charge is 0.417 e. The molecule has 7 nitrogen and oxygen atoms in total. The fourth-order valence-corrected chi connectivity index (χ4v) is 5.46. The molecular formula is C27H30Cl2N2O5. The Morgan fingerprint density at radius 3 is 2.36 bits per heavy atom. The third-order valence-electron chi connectivity index (χ3n) is 6.91. The number of ether oxygens (including phenoxy) is 1. The van der Waals surface area contributed by atoms with Crippen molar-refractivity contribution in [2.45, 2.75) is 57.1 Å². The van der Waals surface area contributed by atoms with E-state index < -0.39 is 29.9 Å². The molecule has 0 radical (unpaired) electrons. The van der Waals surface area contributed by atoms with Gasteiger partial charge in [-0.05, 0) is 56.2 Å². The van der Waals surface area contributed by atoms with Crippen LogP contribution in [0.25, 0.3) is 11.1 Å². The molecule has 1 aliphatic heterocycles. The van der Waals surface area contributed by atoms with E-state index in [-0.39, 0.29) is 22.6 Å². The maximum atomic E-state index is 13.5. The first-order valence-electron chi connectivity index (χ1n) is 12.4. The van der Waals surface area contributed by atoms with E-state index in [2.05, 4.69) is 5.32 Å². The van der Waals surface area contributed by atoms with Gasteiger partial charge in [-0.2, -0.15) is 0 Å². The summed E-state index contributed by atoms with van der Waals surface area (Å²) >= 11 is 13.2. The van der Waals surface area contributed by atoms with Crippen molar-refractivity contribution in [1.82, 2.24) is 10.2 Å². The molecule has 1 aliphatic carbocycles. The predicted octanol–water partition coefficient (Wildman–Crippen LogP) is 5.56. The van der Waals surface area contributed by atoms with Crippen LogP contribution in [0, 0.1) is 5.92 Å². The monoisotopic (exact) mass is 532 g/mol. The molecule has 0 bridgehead atoms. The Bertz CT molecular complexity index is 1100. The van der Waals surface area contributed by atoms with Gasteiger partial charge in [0.2, 0.25) is 5.91 Å². The second-order valence-electron chi connectivity index (χ2n) is 9.37. The van der Waals surface area contributed by atoms with Crippen LogP contribution in [0.5, 0.6) is 0 Å². The van der Waals surface area contributed by atoms with Crippen LogP contribution in [0.2, 0.25) is 10.0 Å². The number of aliphatic carboxylic acids is 1. The SMILES string of the molecule is O=C(O)C(Cc1ccc(-c2ccccc2)c(Cl)c1Cl)N(C(=O)OC1CCCC1)C(=O)C1CCCNC1. The number of carbonyl (C=O) groups excluding carboxylic acids is 2. The van der Waals surface area contributed by atoms with Crippen molar-refractivity contribution in [3.8, 4) is 11.1 Å². The number of hydrogen-bond donors (Lipinski definition) is 2. The van der Waals surface area contributed by atoms with E-state index >= 15 is 0 Å². The van der Waals surface area contributed by atoms with Crippen LogP contribution in [0.3, 0.4) is 0 Å². The van der Waals surface area contributed by atoms with Crippen molar-refractivity contribution < 1.29 is 24.2 Å². The lowest BCUT2D eigenvalue weighted by molar-refractivity contribution is -0.151. The van der Waals surface area contributed by atoms with Crippen LogP contribution in [0.1, 0.15) is 44.1 Å². The summed E-state index contributed by atoms with van der Waals surface area (Å²) in [6.07, 6.45) is 3.21. The molecule has 1 heterocycles. The highest BCUT2D eigenvalue weighted by molar-refractivity contribution is 6.44. The third kappa shape index (κ3) is 6.02. The molecule has 1 saturated carbocycles. The predicted molar refractivity (Wildman–Crippen MR) is 138 cm³/mol. The van der Waals surface area contributed by atoms with Gasteiger partial charge in [0, 0.05) is 18.5 Å². The minimum atomic E-state index is -1.48. The maximum Gasteiger partial charge on any atom is 0.417 e. The van der Waals surface area contributed by atoms with Crippen LogP contribution in [-0.2, 0) is 20.7 Å². The number of nitrogens with zero attached hydrogens (tertiary/aromatic N) is 1. The summed E-state index contributed by atoms with van der Waals surface area (Å²) < 4.78 is 5.61. The first-order chi connectivity index (χ1) is 17.4. The van der Waals surface area contributed by atoms with Crippen molar-refractivity contribution in [3.63, 3.8) is 0 Å². The number of amides is 2. The topological polar surface area (TPSA) is 95.9 Å². The molecule has 1 saturated heterocycles. The van der Waals surface area contributed by atoms with Gasteiger partial charge in [0.25, 0.3) is 0 Å². The first kappa shape index (κ1) is 26.5. The minimum Gasteiger partial charge on any atom is -0.480 e. The van der Waals surface area contributed by atoms with Crippen LogP contribution in [-0.4, -0.2) is 53.2 Å². The number of piperidine rings is 1. The fourth-order valence-electron chi connectivity index (χ4n) is 4.92.